The molecule has 108 valence electrons. The van der Waals surface area contributed by atoms with E-state index in [-0.39, 0.29) is 0 Å². The van der Waals surface area contributed by atoms with Gasteiger partial charge in [-0.3, -0.25) is 4.68 Å². The van der Waals surface area contributed by atoms with E-state index < -0.39 is 24.0 Å². The Bertz CT molecular complexity index is 521. The van der Waals surface area contributed by atoms with Gasteiger partial charge in [-0.05, 0) is 33.8 Å². The van der Waals surface area contributed by atoms with Gasteiger partial charge in [-0.15, -0.1) is 6.58 Å². The summed E-state index contributed by atoms with van der Waals surface area (Å²) in [7, 11) is -0.970. The molecule has 1 aliphatic heterocycles. The molecule has 0 radical (unpaired) electrons. The molecule has 0 bridgehead atoms. The molecule has 0 atom stereocenters. The van der Waals surface area contributed by atoms with Gasteiger partial charge in [0.05, 0.1) is 23.9 Å². The molecule has 0 N–H and O–H groups in total. The summed E-state index contributed by atoms with van der Waals surface area (Å²) in [5.41, 5.74) is -0.882. The van der Waals surface area contributed by atoms with Crippen molar-refractivity contribution in [2.45, 2.75) is 45.4 Å². The number of nitrogens with zero attached hydrogens (tertiary/aromatic N) is 2. The Morgan fingerprint density at radius 3 is 2.55 bits per heavy atom. The predicted molar refractivity (Wildman–Crippen MR) is 77.6 cm³/mol. The van der Waals surface area contributed by atoms with Gasteiger partial charge < -0.3 is 9.31 Å². The number of hydrogen-bond acceptors (Lipinski definition) is 3. The zero-order valence-corrected chi connectivity index (χ0v) is 12.4. The first-order valence-electron chi connectivity index (χ1n) is 6.61. The molecule has 0 saturated carbocycles. The Morgan fingerprint density at radius 1 is 1.40 bits per heavy atom. The summed E-state index contributed by atoms with van der Waals surface area (Å²) in [5, 5.41) is 4.10. The van der Waals surface area contributed by atoms with Gasteiger partial charge in [0.25, 0.3) is 0 Å². The van der Waals surface area contributed by atoms with Crippen molar-refractivity contribution in [1.29, 1.82) is 0 Å². The van der Waals surface area contributed by atoms with E-state index in [4.69, 9.17) is 9.31 Å². The maximum absolute atomic E-state index is 14.2. The third-order valence-corrected chi connectivity index (χ3v) is 3.75. The van der Waals surface area contributed by atoms with Crippen LogP contribution < -0.4 is 0 Å². The van der Waals surface area contributed by atoms with E-state index in [2.05, 4.69) is 11.7 Å². The molecule has 1 fully saturated rings. The summed E-state index contributed by atoms with van der Waals surface area (Å²) in [5.74, 6) is 0. The van der Waals surface area contributed by atoms with Crippen LogP contribution >= 0.6 is 0 Å². The van der Waals surface area contributed by atoms with Crippen LogP contribution in [0.4, 0.5) is 4.39 Å². The van der Waals surface area contributed by atoms with E-state index in [1.165, 1.54) is 6.08 Å². The number of allylic oxidation sites excluding steroid dienone is 1. The summed E-state index contributed by atoms with van der Waals surface area (Å²) in [6.45, 7) is 11.8. The highest BCUT2D eigenvalue weighted by molar-refractivity contribution is 6.54. The second kappa shape index (κ2) is 5.18. The van der Waals surface area contributed by atoms with Gasteiger partial charge in [0.2, 0.25) is 0 Å². The van der Waals surface area contributed by atoms with Gasteiger partial charge in [0.1, 0.15) is 5.73 Å². The third-order valence-electron chi connectivity index (χ3n) is 3.75. The molecule has 0 unspecified atom stereocenters. The molecule has 4 nitrogen and oxygen atoms in total. The average Bonchev–Trinajstić information content (AvgIpc) is 2.83. The summed E-state index contributed by atoms with van der Waals surface area (Å²) in [6, 6.07) is 0. The summed E-state index contributed by atoms with van der Waals surface area (Å²) in [4.78, 5) is 0. The fourth-order valence-corrected chi connectivity index (χ4v) is 1.87. The highest BCUT2D eigenvalue weighted by atomic mass is 19.1. The summed E-state index contributed by atoms with van der Waals surface area (Å²) < 4.78 is 27.2. The van der Waals surface area contributed by atoms with Crippen molar-refractivity contribution >= 4 is 13.2 Å². The first-order valence-corrected chi connectivity index (χ1v) is 6.61. The second-order valence-electron chi connectivity index (χ2n) is 5.90. The van der Waals surface area contributed by atoms with Crippen molar-refractivity contribution in [2.24, 2.45) is 0 Å². The van der Waals surface area contributed by atoms with Crippen LogP contribution in [0.5, 0.6) is 0 Å². The zero-order valence-electron chi connectivity index (χ0n) is 12.4. The van der Waals surface area contributed by atoms with Crippen molar-refractivity contribution in [1.82, 2.24) is 9.78 Å². The Hall–Kier alpha value is -1.40. The number of aromatic nitrogens is 2. The third kappa shape index (κ3) is 2.86. The van der Waals surface area contributed by atoms with Crippen molar-refractivity contribution in [2.75, 3.05) is 0 Å². The molecule has 1 saturated heterocycles. The molecule has 0 aromatic carbocycles. The topological polar surface area (TPSA) is 36.3 Å². The molecular weight excluding hydrogens is 258 g/mol. The molecule has 0 aliphatic carbocycles. The molecule has 1 aromatic rings. The number of hydrogen-bond donors (Lipinski definition) is 0. The van der Waals surface area contributed by atoms with Gasteiger partial charge in [-0.1, -0.05) is 6.08 Å². The van der Waals surface area contributed by atoms with Crippen molar-refractivity contribution in [3.63, 3.8) is 0 Å². The molecule has 1 aromatic heterocycles. The first kappa shape index (κ1) is 15.0. The lowest BCUT2D eigenvalue weighted by atomic mass is 9.87. The van der Waals surface area contributed by atoms with Gasteiger partial charge in [-0.2, -0.15) is 5.10 Å². The summed E-state index contributed by atoms with van der Waals surface area (Å²) >= 11 is 0. The SMILES string of the molecule is C=CCn1cc(C=C(F)B2OC(C)(C)C(C)(C)O2)cn1. The summed E-state index contributed by atoms with van der Waals surface area (Å²) in [6.07, 6.45) is 6.45. The average molecular weight is 278 g/mol. The second-order valence-corrected chi connectivity index (χ2v) is 5.90. The monoisotopic (exact) mass is 278 g/mol. The largest absolute Gasteiger partial charge is 0.525 e. The maximum Gasteiger partial charge on any atom is 0.525 e. The van der Waals surface area contributed by atoms with Crippen molar-refractivity contribution < 1.29 is 13.7 Å². The highest BCUT2D eigenvalue weighted by Crippen LogP contribution is 2.38. The standard InChI is InChI=1S/C14H20BFN2O2/c1-6-7-18-10-11(9-17-18)8-12(16)15-19-13(2,3)14(4,5)20-15/h6,8-10H,1,7H2,2-5H3. The lowest BCUT2D eigenvalue weighted by Crippen LogP contribution is -2.41. The van der Waals surface area contributed by atoms with Crippen LogP contribution in [0.3, 0.4) is 0 Å². The fraction of sp³-hybridized carbons (Fsp3) is 0.500. The minimum absolute atomic E-state index is 0.457. The van der Waals surface area contributed by atoms with E-state index in [1.54, 1.807) is 23.2 Å². The van der Waals surface area contributed by atoms with E-state index in [1.807, 2.05) is 27.7 Å². The van der Waals surface area contributed by atoms with E-state index >= 15 is 0 Å². The lowest BCUT2D eigenvalue weighted by Gasteiger charge is -2.32. The van der Waals surface area contributed by atoms with E-state index in [0.717, 1.165) is 0 Å². The van der Waals surface area contributed by atoms with Crippen LogP contribution in [-0.2, 0) is 15.9 Å². The Kier molecular flexibility index (Phi) is 3.89. The molecule has 2 rings (SSSR count). The molecule has 20 heavy (non-hydrogen) atoms. The van der Waals surface area contributed by atoms with Crippen LogP contribution in [0, 0.1) is 0 Å². The first-order chi connectivity index (χ1) is 9.25. The normalized spacial score (nSPS) is 21.2. The van der Waals surface area contributed by atoms with Crippen molar-refractivity contribution in [3.8, 4) is 0 Å². The van der Waals surface area contributed by atoms with E-state index in [0.29, 0.717) is 12.1 Å². The van der Waals surface area contributed by atoms with Crippen molar-refractivity contribution in [3.05, 3.63) is 36.3 Å². The highest BCUT2D eigenvalue weighted by Gasteiger charge is 2.53. The Morgan fingerprint density at radius 2 is 2.00 bits per heavy atom. The molecular formula is C14H20BFN2O2. The van der Waals surface area contributed by atoms with Crippen LogP contribution in [0.2, 0.25) is 0 Å². The van der Waals surface area contributed by atoms with Gasteiger partial charge in [0.15, 0.2) is 0 Å². The van der Waals surface area contributed by atoms with Crippen LogP contribution in [0.25, 0.3) is 6.08 Å². The molecule has 2 heterocycles. The zero-order chi connectivity index (χ0) is 15.0. The van der Waals surface area contributed by atoms with Gasteiger partial charge in [-0.25, -0.2) is 4.39 Å². The quantitative estimate of drug-likeness (QED) is 0.627. The molecule has 0 amide bonds. The lowest BCUT2D eigenvalue weighted by molar-refractivity contribution is 0.00578. The van der Waals surface area contributed by atoms with Gasteiger partial charge in [0, 0.05) is 11.8 Å². The molecule has 0 spiro atoms. The van der Waals surface area contributed by atoms with Gasteiger partial charge >= 0.3 is 7.12 Å². The van der Waals surface area contributed by atoms with Crippen LogP contribution in [0.1, 0.15) is 33.3 Å². The maximum atomic E-state index is 14.2. The Balaban J connectivity index is 2.13. The van der Waals surface area contributed by atoms with E-state index in [9.17, 15) is 4.39 Å². The van der Waals surface area contributed by atoms with Crippen LogP contribution in [-0.4, -0.2) is 28.1 Å². The smallest absolute Gasteiger partial charge is 0.398 e. The predicted octanol–water partition coefficient (Wildman–Crippen LogP) is 3.01. The van der Waals surface area contributed by atoms with Crippen LogP contribution in [0.15, 0.2) is 30.8 Å². The number of rotatable bonds is 4. The number of halogens is 1. The minimum Gasteiger partial charge on any atom is -0.398 e. The molecule has 1 aliphatic rings. The fourth-order valence-electron chi connectivity index (χ4n) is 1.87. The molecule has 6 heteroatoms. The minimum atomic E-state index is -0.970. The Labute approximate surface area is 119 Å².